The fourth-order valence-electron chi connectivity index (χ4n) is 3.21. The molecule has 0 spiro atoms. The molecule has 1 N–H and O–H groups in total. The monoisotopic (exact) mass is 540 g/mol. The van der Waals surface area contributed by atoms with E-state index in [9.17, 15) is 14.7 Å². The number of carbonyl (C=O) groups is 2. The molecule has 37 heavy (non-hydrogen) atoms. The molecule has 0 atom stereocenters. The van der Waals surface area contributed by atoms with Crippen molar-refractivity contribution in [3.8, 4) is 10.4 Å². The van der Waals surface area contributed by atoms with Crippen LogP contribution in [0.3, 0.4) is 0 Å². The van der Waals surface area contributed by atoms with Crippen LogP contribution in [0.25, 0.3) is 10.4 Å². The number of aliphatic carboxylic acids is 1. The van der Waals surface area contributed by atoms with Crippen LogP contribution in [0.1, 0.15) is 41.8 Å². The molecule has 0 bridgehead atoms. The summed E-state index contributed by atoms with van der Waals surface area (Å²) in [5, 5.41) is 14.5. The zero-order chi connectivity index (χ0) is 26.1. The summed E-state index contributed by atoms with van der Waals surface area (Å²) in [4.78, 5) is 29.6. The van der Waals surface area contributed by atoms with Crippen molar-refractivity contribution in [3.05, 3.63) is 101 Å². The normalized spacial score (nSPS) is 10.5. The maximum atomic E-state index is 12.6. The van der Waals surface area contributed by atoms with E-state index in [1.807, 2.05) is 91.9 Å². The molecule has 5 nitrogen and oxygen atoms in total. The molecule has 0 aliphatic rings. The largest absolute Gasteiger partial charge is 1.00 e. The molecule has 0 saturated carbocycles. The van der Waals surface area contributed by atoms with Crippen molar-refractivity contribution in [3.63, 3.8) is 0 Å². The van der Waals surface area contributed by atoms with Crippen molar-refractivity contribution < 1.29 is 44.3 Å². The van der Waals surface area contributed by atoms with Gasteiger partial charge in [0, 0.05) is 10.6 Å². The molecule has 8 heteroatoms. The van der Waals surface area contributed by atoms with Crippen molar-refractivity contribution in [2.45, 2.75) is 43.8 Å². The van der Waals surface area contributed by atoms with Gasteiger partial charge in [-0.2, -0.15) is 0 Å². The van der Waals surface area contributed by atoms with Crippen LogP contribution >= 0.6 is 23.1 Å². The van der Waals surface area contributed by atoms with Gasteiger partial charge in [-0.05, 0) is 62.6 Å². The minimum absolute atomic E-state index is 0. The van der Waals surface area contributed by atoms with E-state index in [4.69, 9.17) is 0 Å². The number of hydrogen-bond donors (Lipinski definition) is 1. The molecule has 4 rings (SSSR count). The molecule has 0 unspecified atom stereocenters. The van der Waals surface area contributed by atoms with Crippen LogP contribution in [0.15, 0.2) is 89.8 Å². The van der Waals surface area contributed by atoms with Crippen LogP contribution in [-0.2, 0) is 11.2 Å². The van der Waals surface area contributed by atoms with Gasteiger partial charge in [-0.3, -0.25) is 4.79 Å². The van der Waals surface area contributed by atoms with Gasteiger partial charge in [0.2, 0.25) is 0 Å². The number of carbonyl (C=O) groups excluding carboxylic acids is 2. The molecule has 4 aromatic rings. The smallest absolute Gasteiger partial charge is 0.549 e. The minimum atomic E-state index is -1.04. The van der Waals surface area contributed by atoms with Gasteiger partial charge in [0.05, 0.1) is 20.6 Å². The second-order valence-corrected chi connectivity index (χ2v) is 11.4. The predicted octanol–water partition coefficient (Wildman–Crippen LogP) is 3.24. The Labute approximate surface area is 249 Å². The zero-order valence-electron chi connectivity index (χ0n) is 21.8. The maximum absolute atomic E-state index is 12.6. The number of rotatable bonds is 7. The third-order valence-corrected chi connectivity index (χ3v) is 7.42. The van der Waals surface area contributed by atoms with Gasteiger partial charge in [0.25, 0.3) is 5.91 Å². The Morgan fingerprint density at radius 3 is 2.05 bits per heavy atom. The van der Waals surface area contributed by atoms with Crippen LogP contribution in [-0.4, -0.2) is 21.6 Å². The SMILES string of the molecule is CC(C)(Sc1ccccc1)C(=O)[O-].CCc1ccc(NC(=O)c2nc(C)sc2-c2ccccc2)cc1.[Na+]. The van der Waals surface area contributed by atoms with Gasteiger partial charge in [-0.25, -0.2) is 4.98 Å². The Kier molecular flexibility index (Phi) is 12.1. The summed E-state index contributed by atoms with van der Waals surface area (Å²) >= 11 is 2.83. The van der Waals surface area contributed by atoms with E-state index in [-0.39, 0.29) is 35.5 Å². The van der Waals surface area contributed by atoms with E-state index in [2.05, 4.69) is 17.2 Å². The Morgan fingerprint density at radius 2 is 1.51 bits per heavy atom. The molecule has 3 aromatic carbocycles. The summed E-state index contributed by atoms with van der Waals surface area (Å²) in [6.07, 6.45) is 0.984. The molecule has 0 aliphatic heterocycles. The number of hydrogen-bond acceptors (Lipinski definition) is 6. The van der Waals surface area contributed by atoms with Crippen LogP contribution in [0.2, 0.25) is 0 Å². The van der Waals surface area contributed by atoms with Crippen molar-refractivity contribution in [2.75, 3.05) is 5.32 Å². The van der Waals surface area contributed by atoms with Gasteiger partial charge >= 0.3 is 29.6 Å². The van der Waals surface area contributed by atoms with E-state index in [0.29, 0.717) is 5.69 Å². The zero-order valence-corrected chi connectivity index (χ0v) is 25.4. The molecule has 0 saturated heterocycles. The standard InChI is InChI=1S/C19H18N2OS.C10H12O2S.Na/c1-3-14-9-11-16(12-10-14)21-19(22)17-18(23-13(2)20-17)15-7-5-4-6-8-15;1-10(2,9(11)12)13-8-6-4-3-5-7-8;/h4-12H,3H2,1-2H3,(H,21,22);3-7H,1-2H3,(H,11,12);/q;;+1/p-1. The van der Waals surface area contributed by atoms with Gasteiger partial charge in [-0.15, -0.1) is 23.1 Å². The van der Waals surface area contributed by atoms with Crippen molar-refractivity contribution in [2.24, 2.45) is 0 Å². The van der Waals surface area contributed by atoms with Crippen molar-refractivity contribution in [1.82, 2.24) is 4.98 Å². The van der Waals surface area contributed by atoms with Gasteiger partial charge in [0.15, 0.2) is 0 Å². The Morgan fingerprint density at radius 1 is 0.946 bits per heavy atom. The molecule has 0 aliphatic carbocycles. The maximum Gasteiger partial charge on any atom is 1.00 e. The number of nitrogens with zero attached hydrogens (tertiary/aromatic N) is 1. The number of amides is 1. The molecule has 1 aromatic heterocycles. The fraction of sp³-hybridized carbons (Fsp3) is 0.207. The summed E-state index contributed by atoms with van der Waals surface area (Å²) in [5.41, 5.74) is 3.54. The number of aromatic nitrogens is 1. The van der Waals surface area contributed by atoms with Crippen LogP contribution in [0.5, 0.6) is 0 Å². The first-order chi connectivity index (χ1) is 17.2. The second-order valence-electron chi connectivity index (χ2n) is 8.49. The van der Waals surface area contributed by atoms with Crippen molar-refractivity contribution >= 4 is 40.7 Å². The predicted molar refractivity (Wildman–Crippen MR) is 147 cm³/mol. The second kappa shape index (κ2) is 14.5. The van der Waals surface area contributed by atoms with E-state index < -0.39 is 10.7 Å². The minimum Gasteiger partial charge on any atom is -0.549 e. The summed E-state index contributed by atoms with van der Waals surface area (Å²) in [6, 6.07) is 27.2. The van der Waals surface area contributed by atoms with Gasteiger partial charge < -0.3 is 15.2 Å². The van der Waals surface area contributed by atoms with Crippen LogP contribution in [0, 0.1) is 6.92 Å². The molecule has 0 fully saturated rings. The number of carboxylic acids is 1. The van der Waals surface area contributed by atoms with E-state index in [1.165, 1.54) is 17.3 Å². The number of thiazole rings is 1. The number of benzene rings is 3. The topological polar surface area (TPSA) is 82.1 Å². The summed E-state index contributed by atoms with van der Waals surface area (Å²) in [6.45, 7) is 7.31. The summed E-state index contributed by atoms with van der Waals surface area (Å²) in [7, 11) is 0. The molecule has 0 radical (unpaired) electrons. The molecule has 186 valence electrons. The number of nitrogens with one attached hydrogen (secondary N) is 1. The van der Waals surface area contributed by atoms with E-state index >= 15 is 0 Å². The van der Waals surface area contributed by atoms with Crippen LogP contribution < -0.4 is 40.0 Å². The third kappa shape index (κ3) is 9.13. The molecular weight excluding hydrogens is 511 g/mol. The third-order valence-electron chi connectivity index (χ3n) is 5.21. The van der Waals surface area contributed by atoms with Gasteiger partial charge in [-0.1, -0.05) is 67.6 Å². The number of aryl methyl sites for hydroxylation is 2. The van der Waals surface area contributed by atoms with Gasteiger partial charge in [0.1, 0.15) is 5.69 Å². The first-order valence-corrected chi connectivity index (χ1v) is 13.2. The molecule has 1 amide bonds. The van der Waals surface area contributed by atoms with E-state index in [0.717, 1.165) is 32.5 Å². The fourth-order valence-corrected chi connectivity index (χ4v) is 5.09. The first-order valence-electron chi connectivity index (χ1n) is 11.6. The average molecular weight is 541 g/mol. The van der Waals surface area contributed by atoms with Crippen LogP contribution in [0.4, 0.5) is 5.69 Å². The summed E-state index contributed by atoms with van der Waals surface area (Å²) < 4.78 is -0.874. The molecular formula is C29H29N2NaO3S2. The number of thioether (sulfide) groups is 1. The quantitative estimate of drug-likeness (QED) is 0.288. The van der Waals surface area contributed by atoms with E-state index in [1.54, 1.807) is 25.2 Å². The Hall–Kier alpha value is -2.42. The van der Waals surface area contributed by atoms with Crippen molar-refractivity contribution in [1.29, 1.82) is 0 Å². The Bertz CT molecular complexity index is 1290. The molecule has 1 heterocycles. The summed E-state index contributed by atoms with van der Waals surface area (Å²) in [5.74, 6) is -1.21. The Balaban J connectivity index is 0.000000295. The first kappa shape index (κ1) is 30.8. The number of carboxylic acid groups (broad SMARTS) is 1. The average Bonchev–Trinajstić information content (AvgIpc) is 3.27. The number of anilines is 1.